The quantitative estimate of drug-likeness (QED) is 0.869. The lowest BCUT2D eigenvalue weighted by atomic mass is 9.77. The minimum Gasteiger partial charge on any atom is -0.496 e. The Morgan fingerprint density at radius 1 is 1.23 bits per heavy atom. The summed E-state index contributed by atoms with van der Waals surface area (Å²) in [6, 6.07) is 5.92. The van der Waals surface area contributed by atoms with Gasteiger partial charge in [-0.3, -0.25) is 0 Å². The summed E-state index contributed by atoms with van der Waals surface area (Å²) in [4.78, 5) is 0. The van der Waals surface area contributed by atoms with Crippen LogP contribution >= 0.6 is 0 Å². The molecule has 0 bridgehead atoms. The molecular weight excluding hydrogens is 279 g/mol. The van der Waals surface area contributed by atoms with Crippen LogP contribution in [0.25, 0.3) is 6.08 Å². The lowest BCUT2D eigenvalue weighted by Gasteiger charge is -2.32. The second-order valence-corrected chi connectivity index (χ2v) is 6.69. The highest BCUT2D eigenvalue weighted by molar-refractivity contribution is 6.55. The molecule has 1 N–H and O–H groups in total. The van der Waals surface area contributed by atoms with E-state index in [1.54, 1.807) is 7.11 Å². The van der Waals surface area contributed by atoms with Crippen molar-refractivity contribution in [1.29, 1.82) is 0 Å². The predicted molar refractivity (Wildman–Crippen MR) is 88.9 cm³/mol. The number of methoxy groups -OCH3 is 1. The van der Waals surface area contributed by atoms with E-state index in [1.807, 2.05) is 58.9 Å². The highest BCUT2D eigenvalue weighted by Crippen LogP contribution is 2.38. The molecule has 0 saturated carbocycles. The van der Waals surface area contributed by atoms with Crippen molar-refractivity contribution in [2.75, 3.05) is 13.7 Å². The van der Waals surface area contributed by atoms with Crippen molar-refractivity contribution in [3.8, 4) is 5.75 Å². The number of hydrogen-bond acceptors (Lipinski definition) is 4. The van der Waals surface area contributed by atoms with Gasteiger partial charge in [-0.15, -0.1) is 0 Å². The molecule has 0 aliphatic carbocycles. The summed E-state index contributed by atoms with van der Waals surface area (Å²) in [5, 5.41) is 9.71. The summed E-state index contributed by atoms with van der Waals surface area (Å²) >= 11 is 0. The Morgan fingerprint density at radius 3 is 2.32 bits per heavy atom. The maximum atomic E-state index is 9.71. The summed E-state index contributed by atoms with van der Waals surface area (Å²) in [5.74, 6) is 0.819. The van der Waals surface area contributed by atoms with Crippen LogP contribution < -0.4 is 4.74 Å². The van der Waals surface area contributed by atoms with E-state index in [0.717, 1.165) is 16.9 Å². The van der Waals surface area contributed by atoms with Crippen molar-refractivity contribution < 1.29 is 19.2 Å². The second-order valence-electron chi connectivity index (χ2n) is 6.69. The fourth-order valence-electron chi connectivity index (χ4n) is 2.32. The van der Waals surface area contributed by atoms with E-state index < -0.39 is 18.3 Å². The molecule has 5 heteroatoms. The van der Waals surface area contributed by atoms with E-state index in [9.17, 15) is 5.11 Å². The van der Waals surface area contributed by atoms with Crippen molar-refractivity contribution in [1.82, 2.24) is 0 Å². The molecule has 120 valence electrons. The van der Waals surface area contributed by atoms with Crippen LogP contribution in [-0.2, 0) is 9.31 Å². The van der Waals surface area contributed by atoms with E-state index in [4.69, 9.17) is 14.0 Å². The van der Waals surface area contributed by atoms with Gasteiger partial charge >= 0.3 is 7.12 Å². The van der Waals surface area contributed by atoms with Crippen molar-refractivity contribution in [3.05, 3.63) is 34.8 Å². The van der Waals surface area contributed by atoms with E-state index in [-0.39, 0.29) is 6.61 Å². The minimum absolute atomic E-state index is 0.118. The number of rotatable bonds is 4. The second kappa shape index (κ2) is 6.07. The van der Waals surface area contributed by atoms with E-state index in [2.05, 4.69) is 0 Å². The first-order valence-corrected chi connectivity index (χ1v) is 7.52. The molecule has 0 amide bonds. The average Bonchev–Trinajstić information content (AvgIpc) is 2.66. The third-order valence-corrected chi connectivity index (χ3v) is 4.52. The molecule has 1 saturated heterocycles. The monoisotopic (exact) mass is 304 g/mol. The molecule has 1 heterocycles. The van der Waals surface area contributed by atoms with Crippen molar-refractivity contribution in [2.45, 2.75) is 45.8 Å². The van der Waals surface area contributed by atoms with Gasteiger partial charge < -0.3 is 19.2 Å². The standard InChI is InChI=1S/C17H25BO4/c1-12-7-8-13(10-15(12)20-6)9-14(11-19)18-21-16(2,3)17(4,5)22-18/h7-10,19H,11H2,1-6H3. The van der Waals surface area contributed by atoms with Crippen LogP contribution in [0, 0.1) is 6.92 Å². The first kappa shape index (κ1) is 17.1. The molecule has 0 spiro atoms. The molecule has 0 aromatic heterocycles. The molecular formula is C17H25BO4. The van der Waals surface area contributed by atoms with E-state index in [1.165, 1.54) is 0 Å². The minimum atomic E-state index is -0.540. The Bertz CT molecular complexity index is 562. The SMILES string of the molecule is COc1cc(C=C(CO)B2OC(C)(C)C(C)(C)O2)ccc1C. The van der Waals surface area contributed by atoms with Gasteiger partial charge in [0.25, 0.3) is 0 Å². The van der Waals surface area contributed by atoms with Gasteiger partial charge in [-0.25, -0.2) is 0 Å². The van der Waals surface area contributed by atoms with Crippen LogP contribution in [0.15, 0.2) is 23.7 Å². The lowest BCUT2D eigenvalue weighted by Crippen LogP contribution is -2.41. The molecule has 1 aromatic carbocycles. The maximum Gasteiger partial charge on any atom is 0.492 e. The highest BCUT2D eigenvalue weighted by atomic mass is 16.7. The first-order valence-electron chi connectivity index (χ1n) is 7.52. The van der Waals surface area contributed by atoms with Gasteiger partial charge in [-0.1, -0.05) is 18.2 Å². The molecule has 1 fully saturated rings. The topological polar surface area (TPSA) is 47.9 Å². The zero-order valence-electron chi connectivity index (χ0n) is 14.3. The fourth-order valence-corrected chi connectivity index (χ4v) is 2.32. The summed E-state index contributed by atoms with van der Waals surface area (Å²) < 4.78 is 17.3. The molecule has 1 aromatic rings. The van der Waals surface area contributed by atoms with Gasteiger partial charge in [-0.05, 0) is 57.3 Å². The van der Waals surface area contributed by atoms with Crippen LogP contribution in [0.3, 0.4) is 0 Å². The molecule has 0 unspecified atom stereocenters. The average molecular weight is 304 g/mol. The normalized spacial score (nSPS) is 20.3. The van der Waals surface area contributed by atoms with E-state index >= 15 is 0 Å². The summed E-state index contributed by atoms with van der Waals surface area (Å²) in [7, 11) is 1.11. The third-order valence-electron chi connectivity index (χ3n) is 4.52. The maximum absolute atomic E-state index is 9.71. The molecule has 4 nitrogen and oxygen atoms in total. The largest absolute Gasteiger partial charge is 0.496 e. The number of ether oxygens (including phenoxy) is 1. The zero-order chi connectivity index (χ0) is 16.5. The summed E-state index contributed by atoms with van der Waals surface area (Å²) in [6.45, 7) is 9.86. The Morgan fingerprint density at radius 2 is 1.82 bits per heavy atom. The van der Waals surface area contributed by atoms with Gasteiger partial charge in [0.15, 0.2) is 0 Å². The number of aliphatic hydroxyl groups is 1. The van der Waals surface area contributed by atoms with Crippen molar-refractivity contribution in [2.24, 2.45) is 0 Å². The van der Waals surface area contributed by atoms with Gasteiger partial charge in [0.1, 0.15) is 5.75 Å². The summed E-state index contributed by atoms with van der Waals surface area (Å²) in [5.41, 5.74) is 1.87. The molecule has 0 radical (unpaired) electrons. The highest BCUT2D eigenvalue weighted by Gasteiger charge is 2.52. The first-order chi connectivity index (χ1) is 10.2. The van der Waals surface area contributed by atoms with Gasteiger partial charge in [0, 0.05) is 0 Å². The molecule has 2 rings (SSSR count). The number of benzene rings is 1. The van der Waals surface area contributed by atoms with Crippen LogP contribution in [0.4, 0.5) is 0 Å². The number of aryl methyl sites for hydroxylation is 1. The van der Waals surface area contributed by atoms with Gasteiger partial charge in [0.2, 0.25) is 0 Å². The Kier molecular flexibility index (Phi) is 4.71. The van der Waals surface area contributed by atoms with E-state index in [0.29, 0.717) is 5.47 Å². The van der Waals surface area contributed by atoms with Crippen LogP contribution in [0.1, 0.15) is 38.8 Å². The van der Waals surface area contributed by atoms with Crippen molar-refractivity contribution >= 4 is 13.2 Å². The lowest BCUT2D eigenvalue weighted by molar-refractivity contribution is 0.00578. The summed E-state index contributed by atoms with van der Waals surface area (Å²) in [6.07, 6.45) is 1.89. The third kappa shape index (κ3) is 3.22. The fraction of sp³-hybridized carbons (Fsp3) is 0.529. The van der Waals surface area contributed by atoms with Crippen LogP contribution in [0.5, 0.6) is 5.75 Å². The Labute approximate surface area is 133 Å². The Balaban J connectivity index is 2.29. The van der Waals surface area contributed by atoms with Gasteiger partial charge in [0.05, 0.1) is 24.9 Å². The Hall–Kier alpha value is -1.30. The molecule has 22 heavy (non-hydrogen) atoms. The smallest absolute Gasteiger partial charge is 0.492 e. The van der Waals surface area contributed by atoms with Crippen LogP contribution in [0.2, 0.25) is 0 Å². The zero-order valence-corrected chi connectivity index (χ0v) is 14.3. The van der Waals surface area contributed by atoms with Crippen LogP contribution in [-0.4, -0.2) is 37.1 Å². The molecule has 1 aliphatic heterocycles. The molecule has 1 aliphatic rings. The van der Waals surface area contributed by atoms with Gasteiger partial charge in [-0.2, -0.15) is 0 Å². The number of aliphatic hydroxyl groups excluding tert-OH is 1. The number of hydrogen-bond donors (Lipinski definition) is 1. The van der Waals surface area contributed by atoms with Crippen molar-refractivity contribution in [3.63, 3.8) is 0 Å². The predicted octanol–water partition coefficient (Wildman–Crippen LogP) is 3.01. The molecule has 0 atom stereocenters.